The summed E-state index contributed by atoms with van der Waals surface area (Å²) in [4.78, 5) is 16.3. The lowest BCUT2D eigenvalue weighted by Gasteiger charge is -2.17. The number of hydrogen-bond donors (Lipinski definition) is 2. The molecular formula is C15H20N4OS. The summed E-state index contributed by atoms with van der Waals surface area (Å²) in [5.74, 6) is 0.380. The van der Waals surface area contributed by atoms with Crippen LogP contribution >= 0.6 is 11.8 Å². The van der Waals surface area contributed by atoms with Gasteiger partial charge in [-0.3, -0.25) is 9.89 Å². The number of carbonyl (C=O) groups is 1. The van der Waals surface area contributed by atoms with Gasteiger partial charge < -0.3 is 5.32 Å². The fourth-order valence-electron chi connectivity index (χ4n) is 1.97. The fraction of sp³-hybridized carbons (Fsp3) is 0.400. The Balaban J connectivity index is 2.05. The minimum Gasteiger partial charge on any atom is -0.325 e. The van der Waals surface area contributed by atoms with Gasteiger partial charge in [0.25, 0.3) is 0 Å². The molecule has 1 aromatic heterocycles. The zero-order valence-corrected chi connectivity index (χ0v) is 13.3. The third kappa shape index (κ3) is 4.07. The number of rotatable bonds is 6. The molecule has 2 rings (SSSR count). The van der Waals surface area contributed by atoms with E-state index in [9.17, 15) is 4.79 Å². The fourth-order valence-corrected chi connectivity index (χ4v) is 2.68. The van der Waals surface area contributed by atoms with Crippen LogP contribution in [0, 0.1) is 0 Å². The molecule has 0 bridgehead atoms. The molecule has 1 heterocycles. The van der Waals surface area contributed by atoms with Gasteiger partial charge in [-0.2, -0.15) is 5.10 Å². The second-order valence-corrected chi connectivity index (χ2v) is 6.27. The largest absolute Gasteiger partial charge is 0.325 e. The minimum absolute atomic E-state index is 0.0350. The maximum atomic E-state index is 12.3. The first kappa shape index (κ1) is 15.6. The number of H-pyrrole nitrogens is 1. The SMILES string of the molecule is CC[C@@H](C)c1ccccc1NC(=O)[C@H](C)Sc1ncn[nH]1. The van der Waals surface area contributed by atoms with Crippen molar-refractivity contribution in [2.75, 3.05) is 5.32 Å². The molecule has 0 aliphatic carbocycles. The Morgan fingerprint density at radius 2 is 2.14 bits per heavy atom. The number of nitrogens with one attached hydrogen (secondary N) is 2. The van der Waals surface area contributed by atoms with Crippen LogP contribution in [0.3, 0.4) is 0 Å². The van der Waals surface area contributed by atoms with Crippen molar-refractivity contribution in [2.45, 2.75) is 43.5 Å². The summed E-state index contributed by atoms with van der Waals surface area (Å²) >= 11 is 1.36. The van der Waals surface area contributed by atoms with E-state index in [0.29, 0.717) is 11.1 Å². The number of anilines is 1. The van der Waals surface area contributed by atoms with Crippen LogP contribution in [-0.4, -0.2) is 26.3 Å². The molecule has 2 atom stereocenters. The lowest BCUT2D eigenvalue weighted by atomic mass is 9.97. The van der Waals surface area contributed by atoms with Crippen LogP contribution in [-0.2, 0) is 4.79 Å². The predicted octanol–water partition coefficient (Wildman–Crippen LogP) is 3.44. The zero-order chi connectivity index (χ0) is 15.2. The van der Waals surface area contributed by atoms with Crippen LogP contribution in [0.15, 0.2) is 35.7 Å². The predicted molar refractivity (Wildman–Crippen MR) is 85.5 cm³/mol. The van der Waals surface area contributed by atoms with Crippen molar-refractivity contribution in [3.05, 3.63) is 36.2 Å². The monoisotopic (exact) mass is 304 g/mol. The van der Waals surface area contributed by atoms with E-state index in [1.165, 1.54) is 23.7 Å². The number of hydrogen-bond acceptors (Lipinski definition) is 4. The number of aromatic nitrogens is 3. The Morgan fingerprint density at radius 1 is 1.38 bits per heavy atom. The maximum absolute atomic E-state index is 12.3. The van der Waals surface area contributed by atoms with E-state index in [2.05, 4.69) is 40.4 Å². The van der Waals surface area contributed by atoms with Crippen LogP contribution in [0.25, 0.3) is 0 Å². The molecule has 21 heavy (non-hydrogen) atoms. The lowest BCUT2D eigenvalue weighted by molar-refractivity contribution is -0.115. The Labute approximate surface area is 128 Å². The summed E-state index contributed by atoms with van der Waals surface area (Å²) in [7, 11) is 0. The molecule has 0 aliphatic rings. The highest BCUT2D eigenvalue weighted by Gasteiger charge is 2.18. The van der Waals surface area contributed by atoms with Crippen LogP contribution in [0.4, 0.5) is 5.69 Å². The normalized spacial score (nSPS) is 13.7. The van der Waals surface area contributed by atoms with E-state index in [4.69, 9.17) is 0 Å². The van der Waals surface area contributed by atoms with Crippen molar-refractivity contribution in [2.24, 2.45) is 0 Å². The number of para-hydroxylation sites is 1. The van der Waals surface area contributed by atoms with Gasteiger partial charge in [-0.1, -0.05) is 43.8 Å². The second kappa shape index (κ2) is 7.26. The molecule has 1 aromatic carbocycles. The van der Waals surface area contributed by atoms with E-state index in [-0.39, 0.29) is 11.2 Å². The molecule has 0 radical (unpaired) electrons. The van der Waals surface area contributed by atoms with Crippen molar-refractivity contribution in [1.29, 1.82) is 0 Å². The van der Waals surface area contributed by atoms with E-state index >= 15 is 0 Å². The summed E-state index contributed by atoms with van der Waals surface area (Å²) in [6.45, 7) is 6.16. The lowest BCUT2D eigenvalue weighted by Crippen LogP contribution is -2.23. The molecule has 0 unspecified atom stereocenters. The third-order valence-corrected chi connectivity index (χ3v) is 4.40. The molecule has 1 amide bonds. The Morgan fingerprint density at radius 3 is 2.81 bits per heavy atom. The van der Waals surface area contributed by atoms with Gasteiger partial charge in [-0.05, 0) is 30.9 Å². The van der Waals surface area contributed by atoms with E-state index in [1.54, 1.807) is 0 Å². The van der Waals surface area contributed by atoms with Gasteiger partial charge >= 0.3 is 0 Å². The Kier molecular flexibility index (Phi) is 5.38. The number of carbonyl (C=O) groups excluding carboxylic acids is 1. The first-order valence-corrected chi connectivity index (χ1v) is 7.91. The average Bonchev–Trinajstić information content (AvgIpc) is 2.99. The standard InChI is InChI=1S/C15H20N4OS/c1-4-10(2)12-7-5-6-8-13(12)18-14(20)11(3)21-15-16-9-17-19-15/h5-11H,4H2,1-3H3,(H,18,20)(H,16,17,19)/t10-,11+/m1/s1. The highest BCUT2D eigenvalue weighted by molar-refractivity contribution is 8.00. The molecule has 6 heteroatoms. The highest BCUT2D eigenvalue weighted by Crippen LogP contribution is 2.27. The zero-order valence-electron chi connectivity index (χ0n) is 12.5. The van der Waals surface area contributed by atoms with Crippen LogP contribution in [0.5, 0.6) is 0 Å². The molecule has 2 aromatic rings. The van der Waals surface area contributed by atoms with E-state index < -0.39 is 0 Å². The molecular weight excluding hydrogens is 284 g/mol. The third-order valence-electron chi connectivity index (χ3n) is 3.41. The first-order chi connectivity index (χ1) is 10.1. The molecule has 5 nitrogen and oxygen atoms in total. The van der Waals surface area contributed by atoms with Gasteiger partial charge in [-0.15, -0.1) is 0 Å². The molecule has 0 saturated heterocycles. The smallest absolute Gasteiger partial charge is 0.237 e. The van der Waals surface area contributed by atoms with Gasteiger partial charge in [0.2, 0.25) is 5.91 Å². The number of benzene rings is 1. The summed E-state index contributed by atoms with van der Waals surface area (Å²) in [5, 5.41) is 9.94. The van der Waals surface area contributed by atoms with E-state index in [0.717, 1.165) is 12.1 Å². The van der Waals surface area contributed by atoms with Crippen molar-refractivity contribution >= 4 is 23.4 Å². The van der Waals surface area contributed by atoms with E-state index in [1.807, 2.05) is 25.1 Å². The average molecular weight is 304 g/mol. The maximum Gasteiger partial charge on any atom is 0.237 e. The highest BCUT2D eigenvalue weighted by atomic mass is 32.2. The second-order valence-electron chi connectivity index (χ2n) is 4.94. The van der Waals surface area contributed by atoms with Crippen molar-refractivity contribution in [1.82, 2.24) is 15.2 Å². The van der Waals surface area contributed by atoms with Crippen molar-refractivity contribution in [3.8, 4) is 0 Å². The topological polar surface area (TPSA) is 70.7 Å². The first-order valence-electron chi connectivity index (χ1n) is 7.03. The van der Waals surface area contributed by atoms with Gasteiger partial charge in [0.15, 0.2) is 5.16 Å². The van der Waals surface area contributed by atoms with Crippen LogP contribution in [0.2, 0.25) is 0 Å². The van der Waals surface area contributed by atoms with Crippen LogP contribution < -0.4 is 5.32 Å². The molecule has 2 N–H and O–H groups in total. The Bertz CT molecular complexity index is 585. The van der Waals surface area contributed by atoms with Gasteiger partial charge in [0, 0.05) is 5.69 Å². The number of nitrogens with zero attached hydrogens (tertiary/aromatic N) is 2. The number of aromatic amines is 1. The summed E-state index contributed by atoms with van der Waals surface area (Å²) in [5.41, 5.74) is 2.06. The molecule has 112 valence electrons. The number of thioether (sulfide) groups is 1. The molecule has 0 saturated carbocycles. The van der Waals surface area contributed by atoms with Gasteiger partial charge in [0.05, 0.1) is 5.25 Å². The molecule has 0 spiro atoms. The molecule has 0 fully saturated rings. The quantitative estimate of drug-likeness (QED) is 0.802. The summed E-state index contributed by atoms with van der Waals surface area (Å²) in [6, 6.07) is 7.96. The Hall–Kier alpha value is -1.82. The summed E-state index contributed by atoms with van der Waals surface area (Å²) in [6.07, 6.45) is 2.47. The number of amides is 1. The van der Waals surface area contributed by atoms with Crippen LogP contribution in [0.1, 0.15) is 38.7 Å². The summed E-state index contributed by atoms with van der Waals surface area (Å²) < 4.78 is 0. The minimum atomic E-state index is -0.247. The van der Waals surface area contributed by atoms with Gasteiger partial charge in [-0.25, -0.2) is 4.98 Å². The van der Waals surface area contributed by atoms with Crippen molar-refractivity contribution < 1.29 is 4.79 Å². The van der Waals surface area contributed by atoms with Gasteiger partial charge in [0.1, 0.15) is 6.33 Å². The van der Waals surface area contributed by atoms with Crippen molar-refractivity contribution in [3.63, 3.8) is 0 Å². The molecule has 0 aliphatic heterocycles.